The minimum atomic E-state index is 0.890. The van der Waals surface area contributed by atoms with Crippen LogP contribution in [0, 0.1) is 13.8 Å². The summed E-state index contributed by atoms with van der Waals surface area (Å²) in [6.07, 6.45) is 0. The lowest BCUT2D eigenvalue weighted by Crippen LogP contribution is -2.09. The second kappa shape index (κ2) is 5.25. The van der Waals surface area contributed by atoms with Crippen LogP contribution >= 0.6 is 15.9 Å². The number of halogens is 1. The summed E-state index contributed by atoms with van der Waals surface area (Å²) in [6, 6.07) is 4.20. The summed E-state index contributed by atoms with van der Waals surface area (Å²) in [5.41, 5.74) is 4.32. The van der Waals surface area contributed by atoms with Crippen LogP contribution in [0.15, 0.2) is 16.6 Å². The Hall–Kier alpha value is -1.49. The number of H-pyrrole nitrogens is 1. The van der Waals surface area contributed by atoms with Gasteiger partial charge in [-0.05, 0) is 53.0 Å². The van der Waals surface area contributed by atoms with E-state index in [1.54, 1.807) is 7.11 Å². The molecule has 19 heavy (non-hydrogen) atoms. The van der Waals surface area contributed by atoms with Crippen molar-refractivity contribution < 1.29 is 4.74 Å². The van der Waals surface area contributed by atoms with Crippen molar-refractivity contribution in [1.82, 2.24) is 10.2 Å². The van der Waals surface area contributed by atoms with Crippen LogP contribution < -0.4 is 9.64 Å². The number of nitrogens with zero attached hydrogens (tertiary/aromatic N) is 2. The lowest BCUT2D eigenvalue weighted by Gasteiger charge is -2.11. The predicted molar refractivity (Wildman–Crippen MR) is 82.1 cm³/mol. The van der Waals surface area contributed by atoms with E-state index in [1.807, 2.05) is 32.8 Å². The van der Waals surface area contributed by atoms with Crippen LogP contribution in [0.4, 0.5) is 5.82 Å². The van der Waals surface area contributed by atoms with Gasteiger partial charge < -0.3 is 9.64 Å². The van der Waals surface area contributed by atoms with Gasteiger partial charge in [-0.2, -0.15) is 5.10 Å². The van der Waals surface area contributed by atoms with Gasteiger partial charge in [0.2, 0.25) is 0 Å². The summed E-state index contributed by atoms with van der Waals surface area (Å²) in [7, 11) is 5.63. The van der Waals surface area contributed by atoms with E-state index in [4.69, 9.17) is 4.74 Å². The monoisotopic (exact) mass is 323 g/mol. The number of ether oxygens (including phenoxy) is 1. The highest BCUT2D eigenvalue weighted by molar-refractivity contribution is 9.10. The highest BCUT2D eigenvalue weighted by Crippen LogP contribution is 2.36. The summed E-state index contributed by atoms with van der Waals surface area (Å²) in [5.74, 6) is 1.83. The van der Waals surface area contributed by atoms with Crippen molar-refractivity contribution in [3.05, 3.63) is 27.7 Å². The Morgan fingerprint density at radius 3 is 2.21 bits per heavy atom. The van der Waals surface area contributed by atoms with Gasteiger partial charge >= 0.3 is 0 Å². The lowest BCUT2D eigenvalue weighted by molar-refractivity contribution is 0.408. The maximum atomic E-state index is 5.39. The number of aromatic nitrogens is 2. The maximum Gasteiger partial charge on any atom is 0.164 e. The first-order valence-electron chi connectivity index (χ1n) is 6.02. The Labute approximate surface area is 121 Å². The van der Waals surface area contributed by atoms with E-state index in [0.29, 0.717) is 0 Å². The van der Waals surface area contributed by atoms with E-state index in [2.05, 4.69) is 38.3 Å². The zero-order chi connectivity index (χ0) is 14.2. The predicted octanol–water partition coefficient (Wildman–Crippen LogP) is 3.53. The largest absolute Gasteiger partial charge is 0.496 e. The van der Waals surface area contributed by atoms with E-state index in [9.17, 15) is 0 Å². The molecule has 0 saturated carbocycles. The van der Waals surface area contributed by atoms with Gasteiger partial charge in [0.15, 0.2) is 5.82 Å². The minimum absolute atomic E-state index is 0.890. The SMILES string of the molecule is COc1c(C)cc(-c2[nH]nc(N(C)C)c2Br)cc1C. The molecule has 0 atom stereocenters. The molecule has 0 amide bonds. The average molecular weight is 324 g/mol. The van der Waals surface area contributed by atoms with Crippen molar-refractivity contribution in [2.24, 2.45) is 0 Å². The molecule has 1 aromatic carbocycles. The van der Waals surface area contributed by atoms with Crippen molar-refractivity contribution in [2.45, 2.75) is 13.8 Å². The molecular weight excluding hydrogens is 306 g/mol. The summed E-state index contributed by atoms with van der Waals surface area (Å²) < 4.78 is 6.37. The Morgan fingerprint density at radius 1 is 1.21 bits per heavy atom. The number of anilines is 1. The fourth-order valence-corrected chi connectivity index (χ4v) is 2.98. The Kier molecular flexibility index (Phi) is 3.85. The van der Waals surface area contributed by atoms with Crippen molar-refractivity contribution in [3.8, 4) is 17.0 Å². The Balaban J connectivity index is 2.54. The zero-order valence-electron chi connectivity index (χ0n) is 11.8. The zero-order valence-corrected chi connectivity index (χ0v) is 13.4. The molecule has 0 fully saturated rings. The molecule has 0 spiro atoms. The fourth-order valence-electron chi connectivity index (χ4n) is 2.22. The number of nitrogens with one attached hydrogen (secondary N) is 1. The second-order valence-corrected chi connectivity index (χ2v) is 5.57. The molecule has 1 heterocycles. The molecule has 0 saturated heterocycles. The van der Waals surface area contributed by atoms with E-state index < -0.39 is 0 Å². The third-order valence-electron chi connectivity index (χ3n) is 3.07. The normalized spacial score (nSPS) is 10.6. The Bertz CT molecular complexity index is 582. The van der Waals surface area contributed by atoms with E-state index >= 15 is 0 Å². The van der Waals surface area contributed by atoms with Crippen molar-refractivity contribution in [2.75, 3.05) is 26.1 Å². The van der Waals surface area contributed by atoms with Crippen molar-refractivity contribution in [1.29, 1.82) is 0 Å². The molecule has 0 aliphatic rings. The van der Waals surface area contributed by atoms with Crippen molar-refractivity contribution in [3.63, 3.8) is 0 Å². The second-order valence-electron chi connectivity index (χ2n) is 4.77. The first-order chi connectivity index (χ1) is 8.95. The number of benzene rings is 1. The quantitative estimate of drug-likeness (QED) is 0.939. The van der Waals surface area contributed by atoms with Crippen LogP contribution in [0.1, 0.15) is 11.1 Å². The molecule has 4 nitrogen and oxygen atoms in total. The molecule has 0 unspecified atom stereocenters. The third-order valence-corrected chi connectivity index (χ3v) is 3.82. The minimum Gasteiger partial charge on any atom is -0.496 e. The smallest absolute Gasteiger partial charge is 0.164 e. The highest BCUT2D eigenvalue weighted by atomic mass is 79.9. The van der Waals surface area contributed by atoms with Crippen LogP contribution in [0.3, 0.4) is 0 Å². The van der Waals surface area contributed by atoms with Gasteiger partial charge in [-0.3, -0.25) is 5.10 Å². The molecule has 1 aromatic heterocycles. The summed E-state index contributed by atoms with van der Waals surface area (Å²) in [6.45, 7) is 4.10. The molecule has 1 N–H and O–H groups in total. The van der Waals surface area contributed by atoms with Gasteiger partial charge in [-0.15, -0.1) is 0 Å². The number of rotatable bonds is 3. The summed E-state index contributed by atoms with van der Waals surface area (Å²) >= 11 is 3.61. The molecular formula is C14H18BrN3O. The number of hydrogen-bond acceptors (Lipinski definition) is 3. The van der Waals surface area contributed by atoms with E-state index in [1.165, 1.54) is 0 Å². The molecule has 0 aliphatic heterocycles. The Morgan fingerprint density at radius 2 is 1.79 bits per heavy atom. The van der Waals surface area contributed by atoms with E-state index in [0.717, 1.165) is 38.4 Å². The first-order valence-corrected chi connectivity index (χ1v) is 6.81. The molecule has 5 heteroatoms. The van der Waals surface area contributed by atoms with Crippen LogP contribution in [0.5, 0.6) is 5.75 Å². The molecule has 2 aromatic rings. The van der Waals surface area contributed by atoms with Crippen LogP contribution in [0.25, 0.3) is 11.3 Å². The highest BCUT2D eigenvalue weighted by Gasteiger charge is 2.15. The molecule has 0 bridgehead atoms. The molecule has 0 aliphatic carbocycles. The van der Waals surface area contributed by atoms with Gasteiger partial charge in [0.25, 0.3) is 0 Å². The summed E-state index contributed by atoms with van der Waals surface area (Å²) in [4.78, 5) is 1.97. The van der Waals surface area contributed by atoms with Crippen molar-refractivity contribution >= 4 is 21.7 Å². The van der Waals surface area contributed by atoms with E-state index in [-0.39, 0.29) is 0 Å². The topological polar surface area (TPSA) is 41.1 Å². The first kappa shape index (κ1) is 13.9. The number of aromatic amines is 1. The van der Waals surface area contributed by atoms with Crippen LogP contribution in [-0.2, 0) is 0 Å². The standard InChI is InChI=1S/C14H18BrN3O/c1-8-6-10(7-9(2)13(8)19-5)12-11(15)14(17-16-12)18(3)4/h6-7H,1-5H3,(H,16,17). The van der Waals surface area contributed by atoms with Gasteiger partial charge in [-0.25, -0.2) is 0 Å². The van der Waals surface area contributed by atoms with Gasteiger partial charge in [-0.1, -0.05) is 0 Å². The van der Waals surface area contributed by atoms with Gasteiger partial charge in [0.05, 0.1) is 17.3 Å². The lowest BCUT2D eigenvalue weighted by atomic mass is 10.0. The molecule has 2 rings (SSSR count). The third kappa shape index (κ3) is 2.47. The number of methoxy groups -OCH3 is 1. The summed E-state index contributed by atoms with van der Waals surface area (Å²) in [5, 5.41) is 7.40. The fraction of sp³-hybridized carbons (Fsp3) is 0.357. The van der Waals surface area contributed by atoms with Crippen LogP contribution in [-0.4, -0.2) is 31.4 Å². The van der Waals surface area contributed by atoms with Gasteiger partial charge in [0, 0.05) is 19.7 Å². The van der Waals surface area contributed by atoms with Gasteiger partial charge in [0.1, 0.15) is 5.75 Å². The number of hydrogen-bond donors (Lipinski definition) is 1. The van der Waals surface area contributed by atoms with Crippen LogP contribution in [0.2, 0.25) is 0 Å². The average Bonchev–Trinajstić information content (AvgIpc) is 2.70. The molecule has 0 radical (unpaired) electrons. The number of aryl methyl sites for hydroxylation is 2. The molecule has 102 valence electrons. The maximum absolute atomic E-state index is 5.39.